The molecule has 3 saturated heterocycles. The van der Waals surface area contributed by atoms with Crippen LogP contribution in [0.3, 0.4) is 0 Å². The Kier molecular flexibility index (Phi) is 11.2. The number of nitrogens with zero attached hydrogens (tertiary/aromatic N) is 7. The van der Waals surface area contributed by atoms with Crippen molar-refractivity contribution in [1.29, 1.82) is 5.26 Å². The maximum absolute atomic E-state index is 11.3. The van der Waals surface area contributed by atoms with E-state index in [2.05, 4.69) is 49.3 Å². The third-order valence-electron chi connectivity index (χ3n) is 9.13. The van der Waals surface area contributed by atoms with Crippen molar-refractivity contribution in [2.75, 3.05) is 85.3 Å². The summed E-state index contributed by atoms with van der Waals surface area (Å²) in [4.78, 5) is 29.8. The molecule has 0 aromatic heterocycles. The number of ether oxygens (including phenoxy) is 2. The van der Waals surface area contributed by atoms with Crippen molar-refractivity contribution in [3.8, 4) is 6.07 Å². The number of urea groups is 1. The van der Waals surface area contributed by atoms with E-state index in [0.717, 1.165) is 89.2 Å². The van der Waals surface area contributed by atoms with Gasteiger partial charge in [0.15, 0.2) is 0 Å². The first kappa shape index (κ1) is 31.2. The molecule has 5 aliphatic rings. The summed E-state index contributed by atoms with van der Waals surface area (Å²) in [6, 6.07) is 3.13. The molecule has 3 unspecified atom stereocenters. The van der Waals surface area contributed by atoms with E-state index in [9.17, 15) is 10.1 Å². The summed E-state index contributed by atoms with van der Waals surface area (Å²) in [7, 11) is 0. The fourth-order valence-corrected chi connectivity index (χ4v) is 6.33. The molecule has 0 saturated carbocycles. The van der Waals surface area contributed by atoms with Gasteiger partial charge in [-0.3, -0.25) is 19.7 Å². The van der Waals surface area contributed by atoms with E-state index in [0.29, 0.717) is 44.7 Å². The van der Waals surface area contributed by atoms with Crippen LogP contribution in [0.4, 0.5) is 4.79 Å². The Hall–Kier alpha value is -3.24. The summed E-state index contributed by atoms with van der Waals surface area (Å²) >= 11 is 0. The molecule has 0 aromatic carbocycles. The van der Waals surface area contributed by atoms with Crippen molar-refractivity contribution in [2.24, 2.45) is 27.6 Å². The van der Waals surface area contributed by atoms with Crippen LogP contribution in [-0.4, -0.2) is 135 Å². The molecule has 3 aliphatic heterocycles. The standard InChI is InChI=1S/C31H47N9O3/c1-2-34-30(24-3-8-29(25(19-24)20-32)43-18-17-37-9-11-40(12-10-37)31(33)41)36-23-35-26-4-6-27(7-5-26)38-13-15-39(16-14-38)28-21-42-22-28/h4-6,8,23-25,27-28H,2-3,7,9-19,21-22H2,1H3,(H2,33,41)(H,34,35,36). The molecule has 3 heterocycles. The molecule has 12 heteroatoms. The number of nitrogens with one attached hydrogen (secondary N) is 1. The van der Waals surface area contributed by atoms with Gasteiger partial charge in [-0.05, 0) is 38.3 Å². The van der Waals surface area contributed by atoms with Gasteiger partial charge in [0.2, 0.25) is 0 Å². The summed E-state index contributed by atoms with van der Waals surface area (Å²) in [6.07, 6.45) is 12.8. The van der Waals surface area contributed by atoms with E-state index < -0.39 is 0 Å². The average Bonchev–Trinajstić information content (AvgIpc) is 3.01. The van der Waals surface area contributed by atoms with E-state index in [1.54, 1.807) is 11.2 Å². The van der Waals surface area contributed by atoms with Crippen LogP contribution in [0, 0.1) is 23.2 Å². The smallest absolute Gasteiger partial charge is 0.314 e. The summed E-state index contributed by atoms with van der Waals surface area (Å²) in [5.74, 6) is 1.27. The molecular formula is C31H47N9O3. The summed E-state index contributed by atoms with van der Waals surface area (Å²) in [5.41, 5.74) is 6.42. The lowest BCUT2D eigenvalue weighted by molar-refractivity contribution is -0.0784. The first-order valence-electron chi connectivity index (χ1n) is 15.8. The van der Waals surface area contributed by atoms with Gasteiger partial charge in [0, 0.05) is 83.1 Å². The lowest BCUT2D eigenvalue weighted by Gasteiger charge is -2.44. The fraction of sp³-hybridized carbons (Fsp3) is 0.677. The predicted molar refractivity (Wildman–Crippen MR) is 166 cm³/mol. The minimum Gasteiger partial charge on any atom is -0.496 e. The number of hydrogen-bond acceptors (Lipinski definition) is 8. The Morgan fingerprint density at radius 1 is 1.14 bits per heavy atom. The number of allylic oxidation sites excluding steroid dienone is 3. The number of carbonyl (C=O) groups is 1. The molecule has 3 N–H and O–H groups in total. The summed E-state index contributed by atoms with van der Waals surface area (Å²) in [5, 5.41) is 13.2. The Labute approximate surface area is 255 Å². The molecule has 234 valence electrons. The van der Waals surface area contributed by atoms with Gasteiger partial charge in [-0.15, -0.1) is 0 Å². The van der Waals surface area contributed by atoms with E-state index in [4.69, 9.17) is 20.2 Å². The Bertz CT molecular complexity index is 1140. The Morgan fingerprint density at radius 3 is 2.53 bits per heavy atom. The number of amides is 2. The van der Waals surface area contributed by atoms with Gasteiger partial charge < -0.3 is 25.4 Å². The second-order valence-corrected chi connectivity index (χ2v) is 11.8. The monoisotopic (exact) mass is 593 g/mol. The van der Waals surface area contributed by atoms with Gasteiger partial charge in [-0.2, -0.15) is 5.26 Å². The highest BCUT2D eigenvalue weighted by Gasteiger charge is 2.31. The third-order valence-corrected chi connectivity index (χ3v) is 9.13. The molecule has 3 atom stereocenters. The quantitative estimate of drug-likeness (QED) is 0.287. The number of primary amides is 1. The van der Waals surface area contributed by atoms with Crippen LogP contribution in [0.2, 0.25) is 0 Å². The number of carbonyl (C=O) groups excluding carboxylic acids is 1. The number of nitrogens with two attached hydrogens (primary N) is 1. The topological polar surface area (TPSA) is 135 Å². The molecule has 12 nitrogen and oxygen atoms in total. The van der Waals surface area contributed by atoms with E-state index in [1.165, 1.54) is 0 Å². The number of amidine groups is 1. The van der Waals surface area contributed by atoms with Crippen molar-refractivity contribution in [3.63, 3.8) is 0 Å². The van der Waals surface area contributed by atoms with Crippen molar-refractivity contribution in [1.82, 2.24) is 24.9 Å². The number of nitriles is 1. The fourth-order valence-electron chi connectivity index (χ4n) is 6.33. The zero-order valence-electron chi connectivity index (χ0n) is 25.4. The second kappa shape index (κ2) is 15.5. The predicted octanol–water partition coefficient (Wildman–Crippen LogP) is 1.40. The molecule has 43 heavy (non-hydrogen) atoms. The van der Waals surface area contributed by atoms with Crippen LogP contribution in [0.1, 0.15) is 26.2 Å². The normalized spacial score (nSPS) is 28.2. The van der Waals surface area contributed by atoms with Gasteiger partial charge >= 0.3 is 6.03 Å². The maximum atomic E-state index is 11.3. The Morgan fingerprint density at radius 2 is 1.91 bits per heavy atom. The van der Waals surface area contributed by atoms with Gasteiger partial charge in [0.05, 0.1) is 31.7 Å². The number of piperazine rings is 2. The van der Waals surface area contributed by atoms with Crippen LogP contribution in [0.15, 0.2) is 45.7 Å². The number of rotatable bonds is 10. The van der Waals surface area contributed by atoms with Gasteiger partial charge in [-0.1, -0.05) is 12.2 Å². The molecule has 3 fully saturated rings. The highest BCUT2D eigenvalue weighted by Crippen LogP contribution is 2.31. The molecule has 0 bridgehead atoms. The minimum absolute atomic E-state index is 0.0716. The third kappa shape index (κ3) is 8.44. The van der Waals surface area contributed by atoms with E-state index in [-0.39, 0.29) is 17.9 Å². The molecule has 0 spiro atoms. The zero-order valence-corrected chi connectivity index (χ0v) is 25.4. The molecule has 2 aliphatic carbocycles. The molecule has 0 aromatic rings. The van der Waals surface area contributed by atoms with E-state index in [1.807, 2.05) is 13.0 Å². The summed E-state index contributed by atoms with van der Waals surface area (Å²) < 4.78 is 11.4. The van der Waals surface area contributed by atoms with Gasteiger partial charge in [0.25, 0.3) is 0 Å². The summed E-state index contributed by atoms with van der Waals surface area (Å²) in [6.45, 7) is 13.0. The molecule has 2 amide bonds. The zero-order chi connectivity index (χ0) is 30.0. The minimum atomic E-state index is -0.363. The average molecular weight is 594 g/mol. The highest BCUT2D eigenvalue weighted by atomic mass is 16.5. The molecular weight excluding hydrogens is 546 g/mol. The SMILES string of the molecule is CCN=C(N=CNC1=CCC(N2CCN(C3COC3)CC2)C=C1)C1CC=C(OCCN2CCN(C(N)=O)CC2)C(C#N)C1. The van der Waals surface area contributed by atoms with Crippen LogP contribution < -0.4 is 11.1 Å². The lowest BCUT2D eigenvalue weighted by Crippen LogP contribution is -2.57. The van der Waals surface area contributed by atoms with Crippen LogP contribution in [-0.2, 0) is 9.47 Å². The largest absolute Gasteiger partial charge is 0.496 e. The van der Waals surface area contributed by atoms with Crippen molar-refractivity contribution >= 4 is 18.2 Å². The molecule has 0 radical (unpaired) electrons. The first-order valence-corrected chi connectivity index (χ1v) is 15.8. The van der Waals surface area contributed by atoms with Crippen LogP contribution in [0.25, 0.3) is 0 Å². The van der Waals surface area contributed by atoms with Crippen LogP contribution >= 0.6 is 0 Å². The highest BCUT2D eigenvalue weighted by molar-refractivity contribution is 5.91. The van der Waals surface area contributed by atoms with Crippen molar-refractivity contribution in [2.45, 2.75) is 38.3 Å². The lowest BCUT2D eigenvalue weighted by atomic mass is 9.85. The van der Waals surface area contributed by atoms with Crippen molar-refractivity contribution < 1.29 is 14.3 Å². The van der Waals surface area contributed by atoms with Crippen molar-refractivity contribution in [3.05, 3.63) is 35.8 Å². The van der Waals surface area contributed by atoms with Gasteiger partial charge in [-0.25, -0.2) is 9.79 Å². The van der Waals surface area contributed by atoms with E-state index >= 15 is 0 Å². The Balaban J connectivity index is 1.05. The first-order chi connectivity index (χ1) is 21.0. The second-order valence-electron chi connectivity index (χ2n) is 11.8. The number of aliphatic imine (C=N–C) groups is 2. The molecule has 5 rings (SSSR count). The maximum Gasteiger partial charge on any atom is 0.314 e. The van der Waals surface area contributed by atoms with Gasteiger partial charge in [0.1, 0.15) is 24.1 Å². The van der Waals surface area contributed by atoms with Crippen LogP contribution in [0.5, 0.6) is 0 Å². The number of hydrogen-bond donors (Lipinski definition) is 2.